The minimum Gasteiger partial charge on any atom is -0.335 e. The summed E-state index contributed by atoms with van der Waals surface area (Å²) in [5, 5.41) is 3.49. The third kappa shape index (κ3) is 3.47. The summed E-state index contributed by atoms with van der Waals surface area (Å²) in [6, 6.07) is 21.7. The number of carbonyl (C=O) groups is 1. The van der Waals surface area contributed by atoms with Gasteiger partial charge in [-0.3, -0.25) is 4.79 Å². The predicted octanol–water partition coefficient (Wildman–Crippen LogP) is 3.56. The number of benzene rings is 2. The van der Waals surface area contributed by atoms with Gasteiger partial charge >= 0.3 is 0 Å². The second-order valence-corrected chi connectivity index (χ2v) is 7.26. The lowest BCUT2D eigenvalue weighted by Crippen LogP contribution is -2.43. The molecule has 0 radical (unpaired) electrons. The van der Waals surface area contributed by atoms with Crippen LogP contribution in [-0.2, 0) is 4.79 Å². The van der Waals surface area contributed by atoms with E-state index in [2.05, 4.69) is 58.7 Å². The van der Waals surface area contributed by atoms with Crippen LogP contribution in [0.1, 0.15) is 42.7 Å². The van der Waals surface area contributed by atoms with E-state index < -0.39 is 0 Å². The van der Waals surface area contributed by atoms with Gasteiger partial charge in [0.25, 0.3) is 0 Å². The Morgan fingerprint density at radius 1 is 0.920 bits per heavy atom. The highest BCUT2D eigenvalue weighted by atomic mass is 16.2. The van der Waals surface area contributed by atoms with E-state index in [1.54, 1.807) is 0 Å². The van der Waals surface area contributed by atoms with E-state index in [4.69, 9.17) is 0 Å². The van der Waals surface area contributed by atoms with Gasteiger partial charge < -0.3 is 10.2 Å². The molecule has 25 heavy (non-hydrogen) atoms. The number of carbonyl (C=O) groups excluding carboxylic acids is 1. The van der Waals surface area contributed by atoms with E-state index in [-0.39, 0.29) is 5.92 Å². The summed E-state index contributed by atoms with van der Waals surface area (Å²) in [4.78, 5) is 15.5. The van der Waals surface area contributed by atoms with Crippen LogP contribution < -0.4 is 5.32 Å². The van der Waals surface area contributed by atoms with Gasteiger partial charge in [0.2, 0.25) is 5.91 Å². The Hall–Kier alpha value is -2.13. The van der Waals surface area contributed by atoms with Crippen molar-refractivity contribution in [2.45, 2.75) is 43.7 Å². The smallest absolute Gasteiger partial charge is 0.224 e. The van der Waals surface area contributed by atoms with Gasteiger partial charge in [-0.15, -0.1) is 0 Å². The Kier molecular flexibility index (Phi) is 4.84. The molecule has 0 saturated carbocycles. The molecule has 0 aromatic heterocycles. The van der Waals surface area contributed by atoms with Crippen molar-refractivity contribution in [3.05, 3.63) is 71.8 Å². The van der Waals surface area contributed by atoms with Crippen molar-refractivity contribution in [2.24, 2.45) is 0 Å². The van der Waals surface area contributed by atoms with Crippen molar-refractivity contribution >= 4 is 5.91 Å². The largest absolute Gasteiger partial charge is 0.335 e. The number of fused-ring (bicyclic) bond motifs is 2. The van der Waals surface area contributed by atoms with Gasteiger partial charge in [-0.2, -0.15) is 0 Å². The molecule has 1 N–H and O–H groups in total. The molecule has 2 heterocycles. The summed E-state index contributed by atoms with van der Waals surface area (Å²) < 4.78 is 0. The summed E-state index contributed by atoms with van der Waals surface area (Å²) in [5.41, 5.74) is 2.45. The number of hydrogen-bond acceptors (Lipinski definition) is 2. The normalized spacial score (nSPS) is 22.8. The summed E-state index contributed by atoms with van der Waals surface area (Å²) in [5.74, 6) is 0.444. The van der Waals surface area contributed by atoms with Gasteiger partial charge in [-0.25, -0.2) is 0 Å². The standard InChI is InChI=1S/C22H26N2O/c25-22(24-19-11-12-20(24)16-23-14-13-19)15-21(17-7-3-1-4-8-17)18-9-5-2-6-10-18/h1-10,19-21,23H,11-16H2. The molecule has 1 amide bonds. The van der Waals surface area contributed by atoms with E-state index >= 15 is 0 Å². The van der Waals surface area contributed by atoms with Crippen LogP contribution in [0.15, 0.2) is 60.7 Å². The summed E-state index contributed by atoms with van der Waals surface area (Å²) in [6.45, 7) is 1.98. The lowest BCUT2D eigenvalue weighted by molar-refractivity contribution is -0.134. The third-order valence-corrected chi connectivity index (χ3v) is 5.72. The first-order valence-corrected chi connectivity index (χ1v) is 9.44. The topological polar surface area (TPSA) is 32.3 Å². The highest BCUT2D eigenvalue weighted by Gasteiger charge is 2.38. The van der Waals surface area contributed by atoms with Crippen LogP contribution in [0, 0.1) is 0 Å². The predicted molar refractivity (Wildman–Crippen MR) is 100 cm³/mol. The lowest BCUT2D eigenvalue weighted by Gasteiger charge is -2.30. The van der Waals surface area contributed by atoms with E-state index in [9.17, 15) is 4.79 Å². The second-order valence-electron chi connectivity index (χ2n) is 7.26. The first kappa shape index (κ1) is 16.3. The van der Waals surface area contributed by atoms with Crippen LogP contribution in [0.3, 0.4) is 0 Å². The quantitative estimate of drug-likeness (QED) is 0.927. The summed E-state index contributed by atoms with van der Waals surface area (Å²) >= 11 is 0. The fourth-order valence-electron chi connectivity index (χ4n) is 4.47. The maximum atomic E-state index is 13.3. The number of nitrogens with one attached hydrogen (secondary N) is 1. The molecule has 4 rings (SSSR count). The fourth-order valence-corrected chi connectivity index (χ4v) is 4.47. The van der Waals surface area contributed by atoms with E-state index in [1.165, 1.54) is 17.5 Å². The van der Waals surface area contributed by atoms with Gasteiger partial charge in [-0.1, -0.05) is 60.7 Å². The lowest BCUT2D eigenvalue weighted by atomic mass is 9.88. The van der Waals surface area contributed by atoms with Crippen molar-refractivity contribution < 1.29 is 4.79 Å². The molecule has 2 bridgehead atoms. The molecule has 2 unspecified atom stereocenters. The maximum absolute atomic E-state index is 13.3. The van der Waals surface area contributed by atoms with Crippen molar-refractivity contribution in [2.75, 3.05) is 13.1 Å². The van der Waals surface area contributed by atoms with Crippen LogP contribution in [0.2, 0.25) is 0 Å². The molecule has 2 saturated heterocycles. The Balaban J connectivity index is 1.59. The minimum absolute atomic E-state index is 0.130. The van der Waals surface area contributed by atoms with Crippen LogP contribution in [0.5, 0.6) is 0 Å². The molecule has 0 spiro atoms. The summed E-state index contributed by atoms with van der Waals surface area (Å²) in [6.07, 6.45) is 3.95. The second kappa shape index (κ2) is 7.40. The molecule has 2 atom stereocenters. The molecular formula is C22H26N2O. The molecule has 3 heteroatoms. The van der Waals surface area contributed by atoms with Crippen molar-refractivity contribution in [1.82, 2.24) is 10.2 Å². The van der Waals surface area contributed by atoms with Crippen molar-refractivity contribution in [1.29, 1.82) is 0 Å². The zero-order valence-electron chi connectivity index (χ0n) is 14.6. The van der Waals surface area contributed by atoms with Crippen LogP contribution >= 0.6 is 0 Å². The Morgan fingerprint density at radius 3 is 2.16 bits per heavy atom. The molecule has 3 nitrogen and oxygen atoms in total. The molecule has 130 valence electrons. The van der Waals surface area contributed by atoms with Gasteiger partial charge in [0.05, 0.1) is 0 Å². The zero-order chi connectivity index (χ0) is 17.1. The van der Waals surface area contributed by atoms with Gasteiger partial charge in [0.1, 0.15) is 0 Å². The van der Waals surface area contributed by atoms with E-state index in [1.807, 2.05) is 12.1 Å². The highest BCUT2D eigenvalue weighted by molar-refractivity contribution is 5.79. The van der Waals surface area contributed by atoms with Gasteiger partial charge in [0.15, 0.2) is 0 Å². The van der Waals surface area contributed by atoms with Gasteiger partial charge in [-0.05, 0) is 36.9 Å². The molecule has 2 aliphatic rings. The molecule has 2 aromatic rings. The summed E-state index contributed by atoms with van der Waals surface area (Å²) in [7, 11) is 0. The third-order valence-electron chi connectivity index (χ3n) is 5.72. The number of amides is 1. The van der Waals surface area contributed by atoms with Crippen LogP contribution in [0.4, 0.5) is 0 Å². The van der Waals surface area contributed by atoms with E-state index in [0.29, 0.717) is 24.4 Å². The van der Waals surface area contributed by atoms with Crippen LogP contribution in [-0.4, -0.2) is 36.0 Å². The average molecular weight is 334 g/mol. The monoisotopic (exact) mass is 334 g/mol. The van der Waals surface area contributed by atoms with Crippen molar-refractivity contribution in [3.63, 3.8) is 0 Å². The van der Waals surface area contributed by atoms with E-state index in [0.717, 1.165) is 25.9 Å². The molecular weight excluding hydrogens is 308 g/mol. The zero-order valence-corrected chi connectivity index (χ0v) is 14.6. The Morgan fingerprint density at radius 2 is 1.52 bits per heavy atom. The molecule has 2 fully saturated rings. The number of hydrogen-bond donors (Lipinski definition) is 1. The van der Waals surface area contributed by atoms with Gasteiger partial charge in [0, 0.05) is 31.0 Å². The minimum atomic E-state index is 0.130. The molecule has 0 aliphatic carbocycles. The molecule has 2 aliphatic heterocycles. The number of rotatable bonds is 4. The van der Waals surface area contributed by atoms with Crippen LogP contribution in [0.25, 0.3) is 0 Å². The Bertz CT molecular complexity index is 647. The Labute approximate surface area is 150 Å². The fraction of sp³-hybridized carbons (Fsp3) is 0.409. The first-order chi connectivity index (χ1) is 12.3. The molecule has 2 aromatic carbocycles. The maximum Gasteiger partial charge on any atom is 0.224 e. The average Bonchev–Trinajstić information content (AvgIpc) is 2.94. The highest BCUT2D eigenvalue weighted by Crippen LogP contribution is 2.33. The number of nitrogens with zero attached hydrogens (tertiary/aromatic N) is 1. The van der Waals surface area contributed by atoms with Crippen molar-refractivity contribution in [3.8, 4) is 0 Å². The first-order valence-electron chi connectivity index (χ1n) is 9.44. The SMILES string of the molecule is O=C(CC(c1ccccc1)c1ccccc1)N1C2CCNCC1CC2.